The summed E-state index contributed by atoms with van der Waals surface area (Å²) in [5.74, 6) is 0. The third kappa shape index (κ3) is 2.56. The highest BCUT2D eigenvalue weighted by molar-refractivity contribution is 5.41. The van der Waals surface area contributed by atoms with Crippen molar-refractivity contribution in [1.82, 2.24) is 4.98 Å². The molecule has 1 nitrogen and oxygen atoms in total. The Morgan fingerprint density at radius 2 is 1.95 bits per heavy atom. The highest BCUT2D eigenvalue weighted by atomic mass is 14.6. The molecule has 0 atom stereocenters. The van der Waals surface area contributed by atoms with Crippen molar-refractivity contribution in [1.29, 1.82) is 0 Å². The predicted octanol–water partition coefficient (Wildman–Crippen LogP) is 4.09. The fourth-order valence-corrected chi connectivity index (χ4v) is 3.04. The predicted molar refractivity (Wildman–Crippen MR) is 79.4 cm³/mol. The zero-order valence-electron chi connectivity index (χ0n) is 11.8. The Morgan fingerprint density at radius 1 is 1.11 bits per heavy atom. The van der Waals surface area contributed by atoms with Gasteiger partial charge in [-0.15, -0.1) is 0 Å². The molecule has 0 saturated heterocycles. The zero-order chi connectivity index (χ0) is 13.3. The lowest BCUT2D eigenvalue weighted by Gasteiger charge is -2.19. The number of pyridine rings is 1. The Labute approximate surface area is 115 Å². The van der Waals surface area contributed by atoms with Crippen LogP contribution < -0.4 is 0 Å². The van der Waals surface area contributed by atoms with Gasteiger partial charge in [0.05, 0.1) is 0 Å². The van der Waals surface area contributed by atoms with Gasteiger partial charge in [-0.2, -0.15) is 0 Å². The Bertz CT molecular complexity index is 569. The normalized spacial score (nSPS) is 16.3. The van der Waals surface area contributed by atoms with E-state index in [2.05, 4.69) is 43.1 Å². The summed E-state index contributed by atoms with van der Waals surface area (Å²) in [6.07, 6.45) is 8.51. The van der Waals surface area contributed by atoms with Crippen molar-refractivity contribution in [3.8, 4) is 0 Å². The maximum atomic E-state index is 4.18. The molecule has 1 aliphatic rings. The third-order valence-corrected chi connectivity index (χ3v) is 4.35. The quantitative estimate of drug-likeness (QED) is 0.800. The molecule has 0 spiro atoms. The van der Waals surface area contributed by atoms with Crippen molar-refractivity contribution in [3.05, 3.63) is 65.0 Å². The largest absolute Gasteiger partial charge is 0.264 e. The van der Waals surface area contributed by atoms with Gasteiger partial charge >= 0.3 is 0 Å². The van der Waals surface area contributed by atoms with Crippen LogP contribution in [0.25, 0.3) is 0 Å². The van der Waals surface area contributed by atoms with E-state index in [9.17, 15) is 0 Å². The minimum Gasteiger partial charge on any atom is -0.264 e. The second-order valence-electron chi connectivity index (χ2n) is 6.24. The lowest BCUT2D eigenvalue weighted by molar-refractivity contribution is 0.522. The lowest BCUT2D eigenvalue weighted by atomic mass is 9.85. The minimum atomic E-state index is 0.361. The molecule has 0 amide bonds. The first-order valence-corrected chi connectivity index (χ1v) is 7.16. The maximum Gasteiger partial charge on any atom is 0.0299 e. The van der Waals surface area contributed by atoms with Gasteiger partial charge in [-0.1, -0.05) is 38.1 Å². The van der Waals surface area contributed by atoms with Crippen molar-refractivity contribution < 1.29 is 0 Å². The van der Waals surface area contributed by atoms with Crippen LogP contribution in [0.5, 0.6) is 0 Å². The first kappa shape index (κ1) is 12.4. The van der Waals surface area contributed by atoms with E-state index in [1.54, 1.807) is 11.1 Å². The summed E-state index contributed by atoms with van der Waals surface area (Å²) in [6.45, 7) is 4.73. The molecular formula is C18H21N. The number of fused-ring (bicyclic) bond motifs is 1. The second kappa shape index (κ2) is 4.80. The van der Waals surface area contributed by atoms with Crippen molar-refractivity contribution in [2.24, 2.45) is 0 Å². The highest BCUT2D eigenvalue weighted by Crippen LogP contribution is 2.38. The van der Waals surface area contributed by atoms with E-state index in [0.29, 0.717) is 5.41 Å². The van der Waals surface area contributed by atoms with Crippen molar-refractivity contribution in [2.75, 3.05) is 0 Å². The molecule has 19 heavy (non-hydrogen) atoms. The van der Waals surface area contributed by atoms with Gasteiger partial charge in [-0.25, -0.2) is 0 Å². The summed E-state index contributed by atoms with van der Waals surface area (Å²) >= 11 is 0. The Hall–Kier alpha value is -1.63. The van der Waals surface area contributed by atoms with Crippen LogP contribution in [0.4, 0.5) is 0 Å². The smallest absolute Gasteiger partial charge is 0.0299 e. The van der Waals surface area contributed by atoms with Crippen LogP contribution in [0.1, 0.15) is 42.5 Å². The van der Waals surface area contributed by atoms with E-state index in [-0.39, 0.29) is 0 Å². The zero-order valence-corrected chi connectivity index (χ0v) is 11.8. The molecule has 1 aromatic heterocycles. The molecule has 0 saturated carbocycles. The molecule has 0 fully saturated rings. The molecule has 0 bridgehead atoms. The van der Waals surface area contributed by atoms with E-state index >= 15 is 0 Å². The van der Waals surface area contributed by atoms with Gasteiger partial charge in [0, 0.05) is 12.4 Å². The van der Waals surface area contributed by atoms with Gasteiger partial charge in [0.15, 0.2) is 0 Å². The van der Waals surface area contributed by atoms with E-state index in [1.165, 1.54) is 24.0 Å². The minimum absolute atomic E-state index is 0.361. The van der Waals surface area contributed by atoms with Crippen LogP contribution in [0.2, 0.25) is 0 Å². The molecule has 98 valence electrons. The molecule has 1 heteroatoms. The van der Waals surface area contributed by atoms with Crippen LogP contribution in [-0.4, -0.2) is 4.98 Å². The van der Waals surface area contributed by atoms with Crippen LogP contribution in [0.15, 0.2) is 42.7 Å². The number of hydrogen-bond acceptors (Lipinski definition) is 1. The Morgan fingerprint density at radius 3 is 2.74 bits per heavy atom. The van der Waals surface area contributed by atoms with E-state index in [1.807, 2.05) is 18.5 Å². The number of nitrogens with zero attached hydrogens (tertiary/aromatic N) is 1. The van der Waals surface area contributed by atoms with Crippen LogP contribution >= 0.6 is 0 Å². The number of aryl methyl sites for hydroxylation is 3. The number of benzene rings is 1. The summed E-state index contributed by atoms with van der Waals surface area (Å²) in [7, 11) is 0. The van der Waals surface area contributed by atoms with E-state index < -0.39 is 0 Å². The molecule has 1 heterocycles. The Balaban J connectivity index is 1.77. The highest BCUT2D eigenvalue weighted by Gasteiger charge is 2.29. The van der Waals surface area contributed by atoms with Gasteiger partial charge in [-0.3, -0.25) is 4.98 Å². The van der Waals surface area contributed by atoms with Gasteiger partial charge in [0.1, 0.15) is 0 Å². The fourth-order valence-electron chi connectivity index (χ4n) is 3.04. The number of rotatable bonds is 3. The van der Waals surface area contributed by atoms with Gasteiger partial charge in [0.2, 0.25) is 0 Å². The molecule has 2 aromatic rings. The van der Waals surface area contributed by atoms with Gasteiger partial charge < -0.3 is 0 Å². The fraction of sp³-hybridized carbons (Fsp3) is 0.389. The molecule has 1 aromatic carbocycles. The summed E-state index contributed by atoms with van der Waals surface area (Å²) in [6, 6.07) is 11.2. The average Bonchev–Trinajstić information content (AvgIpc) is 2.73. The standard InChI is InChI=1S/C18H21N/c1-18(2)10-9-16-8-7-14(12-17(16)18)5-6-15-4-3-11-19-13-15/h3-4,7-8,11-13H,5-6,9-10H2,1-2H3. The first-order chi connectivity index (χ1) is 9.15. The molecule has 0 radical (unpaired) electrons. The summed E-state index contributed by atoms with van der Waals surface area (Å²) in [4.78, 5) is 4.18. The summed E-state index contributed by atoms with van der Waals surface area (Å²) < 4.78 is 0. The molecule has 3 rings (SSSR count). The van der Waals surface area contributed by atoms with Gasteiger partial charge in [0.25, 0.3) is 0 Å². The molecule has 0 N–H and O–H groups in total. The van der Waals surface area contributed by atoms with Gasteiger partial charge in [-0.05, 0) is 59.4 Å². The average molecular weight is 251 g/mol. The molecule has 0 unspecified atom stereocenters. The number of aromatic nitrogens is 1. The second-order valence-corrected chi connectivity index (χ2v) is 6.24. The molecule has 0 aliphatic heterocycles. The molecular weight excluding hydrogens is 230 g/mol. The van der Waals surface area contributed by atoms with E-state index in [4.69, 9.17) is 0 Å². The monoisotopic (exact) mass is 251 g/mol. The van der Waals surface area contributed by atoms with Crippen molar-refractivity contribution >= 4 is 0 Å². The van der Waals surface area contributed by atoms with Crippen LogP contribution in [-0.2, 0) is 24.7 Å². The number of hydrogen-bond donors (Lipinski definition) is 0. The first-order valence-electron chi connectivity index (χ1n) is 7.16. The summed E-state index contributed by atoms with van der Waals surface area (Å²) in [5.41, 5.74) is 6.26. The SMILES string of the molecule is CC1(C)CCc2ccc(CCc3cccnc3)cc21. The van der Waals surface area contributed by atoms with E-state index in [0.717, 1.165) is 12.8 Å². The van der Waals surface area contributed by atoms with Crippen molar-refractivity contribution in [3.63, 3.8) is 0 Å². The topological polar surface area (TPSA) is 12.9 Å². The Kier molecular flexibility index (Phi) is 3.14. The maximum absolute atomic E-state index is 4.18. The summed E-state index contributed by atoms with van der Waals surface area (Å²) in [5, 5.41) is 0. The lowest BCUT2D eigenvalue weighted by Crippen LogP contribution is -2.12. The third-order valence-electron chi connectivity index (χ3n) is 4.35. The van der Waals surface area contributed by atoms with Crippen LogP contribution in [0, 0.1) is 0 Å². The molecule has 1 aliphatic carbocycles. The van der Waals surface area contributed by atoms with Crippen LogP contribution in [0.3, 0.4) is 0 Å². The van der Waals surface area contributed by atoms with Crippen molar-refractivity contribution in [2.45, 2.75) is 44.9 Å².